The van der Waals surface area contributed by atoms with Gasteiger partial charge in [-0.1, -0.05) is 25.7 Å². The van der Waals surface area contributed by atoms with E-state index in [4.69, 9.17) is 5.11 Å². The van der Waals surface area contributed by atoms with Crippen LogP contribution in [0, 0.1) is 11.8 Å². The lowest BCUT2D eigenvalue weighted by Gasteiger charge is -2.10. The van der Waals surface area contributed by atoms with Gasteiger partial charge in [-0.3, -0.25) is 4.79 Å². The molecule has 0 aromatic carbocycles. The van der Waals surface area contributed by atoms with Gasteiger partial charge in [-0.2, -0.15) is 0 Å². The topological polar surface area (TPSA) is 37.3 Å². The average molecular weight is 226 g/mol. The second kappa shape index (κ2) is 7.05. The summed E-state index contributed by atoms with van der Waals surface area (Å²) in [5.74, 6) is 1.44. The Labute approximate surface area is 99.4 Å². The SMILES string of the molecule is CC(=O)C1CCCC1.CC(O)C1CCCC1. The third-order valence-electron chi connectivity index (χ3n) is 4.01. The van der Waals surface area contributed by atoms with Crippen LogP contribution in [0.4, 0.5) is 0 Å². The summed E-state index contributed by atoms with van der Waals surface area (Å²) >= 11 is 0. The maximum atomic E-state index is 10.6. The molecule has 0 amide bonds. The highest BCUT2D eigenvalue weighted by atomic mass is 16.3. The van der Waals surface area contributed by atoms with Gasteiger partial charge in [0.05, 0.1) is 6.10 Å². The van der Waals surface area contributed by atoms with Crippen LogP contribution in [0.5, 0.6) is 0 Å². The predicted molar refractivity (Wildman–Crippen MR) is 66.3 cm³/mol. The Morgan fingerprint density at radius 3 is 1.75 bits per heavy atom. The number of rotatable bonds is 2. The third-order valence-corrected chi connectivity index (χ3v) is 4.01. The summed E-state index contributed by atoms with van der Waals surface area (Å²) in [4.78, 5) is 10.6. The zero-order chi connectivity index (χ0) is 12.0. The van der Waals surface area contributed by atoms with Crippen LogP contribution >= 0.6 is 0 Å². The lowest BCUT2D eigenvalue weighted by molar-refractivity contribution is -0.120. The Hall–Kier alpha value is -0.370. The number of carbonyl (C=O) groups is 1. The van der Waals surface area contributed by atoms with Crippen molar-refractivity contribution < 1.29 is 9.90 Å². The lowest BCUT2D eigenvalue weighted by atomic mass is 10.0. The summed E-state index contributed by atoms with van der Waals surface area (Å²) in [6.45, 7) is 3.60. The lowest BCUT2D eigenvalue weighted by Crippen LogP contribution is -2.11. The third kappa shape index (κ3) is 4.65. The molecule has 0 aromatic heterocycles. The second-order valence-electron chi connectivity index (χ2n) is 5.38. The molecule has 2 aliphatic carbocycles. The fraction of sp³-hybridized carbons (Fsp3) is 0.929. The minimum Gasteiger partial charge on any atom is -0.393 e. The van der Waals surface area contributed by atoms with Crippen LogP contribution in [0.25, 0.3) is 0 Å². The fourth-order valence-electron chi connectivity index (χ4n) is 2.77. The van der Waals surface area contributed by atoms with Crippen LogP contribution in [0.1, 0.15) is 65.2 Å². The van der Waals surface area contributed by atoms with E-state index >= 15 is 0 Å². The molecule has 94 valence electrons. The molecule has 0 aliphatic heterocycles. The minimum atomic E-state index is -0.0579. The first-order valence-electron chi connectivity index (χ1n) is 6.79. The summed E-state index contributed by atoms with van der Waals surface area (Å²) in [7, 11) is 0. The van der Waals surface area contributed by atoms with E-state index in [0.29, 0.717) is 17.6 Å². The zero-order valence-electron chi connectivity index (χ0n) is 10.7. The predicted octanol–water partition coefficient (Wildman–Crippen LogP) is 3.32. The van der Waals surface area contributed by atoms with Gasteiger partial charge in [0.25, 0.3) is 0 Å². The summed E-state index contributed by atoms with van der Waals surface area (Å²) < 4.78 is 0. The molecular formula is C14H26O2. The van der Waals surface area contributed by atoms with E-state index < -0.39 is 0 Å². The molecule has 0 spiro atoms. The first kappa shape index (κ1) is 13.7. The van der Waals surface area contributed by atoms with Gasteiger partial charge in [0.15, 0.2) is 0 Å². The van der Waals surface area contributed by atoms with Crippen molar-refractivity contribution in [3.8, 4) is 0 Å². The van der Waals surface area contributed by atoms with E-state index in [1.165, 1.54) is 38.5 Å². The van der Waals surface area contributed by atoms with Crippen molar-refractivity contribution >= 4 is 5.78 Å². The number of carbonyl (C=O) groups excluding carboxylic acids is 1. The van der Waals surface area contributed by atoms with Crippen LogP contribution in [-0.4, -0.2) is 17.0 Å². The summed E-state index contributed by atoms with van der Waals surface area (Å²) in [5.41, 5.74) is 0. The molecule has 0 heterocycles. The highest BCUT2D eigenvalue weighted by Gasteiger charge is 2.19. The molecule has 2 rings (SSSR count). The smallest absolute Gasteiger partial charge is 0.132 e. The van der Waals surface area contributed by atoms with Crippen LogP contribution in [0.15, 0.2) is 0 Å². The van der Waals surface area contributed by atoms with Crippen molar-refractivity contribution in [2.45, 2.75) is 71.3 Å². The van der Waals surface area contributed by atoms with Gasteiger partial charge >= 0.3 is 0 Å². The van der Waals surface area contributed by atoms with Crippen LogP contribution in [0.3, 0.4) is 0 Å². The first-order chi connectivity index (χ1) is 7.61. The molecule has 2 aliphatic rings. The molecule has 0 radical (unpaired) electrons. The molecular weight excluding hydrogens is 200 g/mol. The summed E-state index contributed by atoms with van der Waals surface area (Å²) in [5, 5.41) is 9.05. The Morgan fingerprint density at radius 2 is 1.50 bits per heavy atom. The molecule has 0 aromatic rings. The van der Waals surface area contributed by atoms with E-state index in [1.54, 1.807) is 6.92 Å². The van der Waals surface area contributed by atoms with Crippen LogP contribution in [-0.2, 0) is 4.79 Å². The van der Waals surface area contributed by atoms with Gasteiger partial charge in [-0.25, -0.2) is 0 Å². The van der Waals surface area contributed by atoms with E-state index in [-0.39, 0.29) is 6.10 Å². The van der Waals surface area contributed by atoms with E-state index in [2.05, 4.69) is 0 Å². The Balaban J connectivity index is 0.000000160. The number of aliphatic hydroxyl groups is 1. The monoisotopic (exact) mass is 226 g/mol. The highest BCUT2D eigenvalue weighted by Crippen LogP contribution is 2.27. The Morgan fingerprint density at radius 1 is 1.06 bits per heavy atom. The van der Waals surface area contributed by atoms with Gasteiger partial charge < -0.3 is 5.11 Å². The average Bonchev–Trinajstić information content (AvgIpc) is 2.93. The van der Waals surface area contributed by atoms with Crippen molar-refractivity contribution in [3.05, 3.63) is 0 Å². The van der Waals surface area contributed by atoms with E-state index in [9.17, 15) is 4.79 Å². The van der Waals surface area contributed by atoms with Crippen molar-refractivity contribution in [2.24, 2.45) is 11.8 Å². The molecule has 1 N–H and O–H groups in total. The van der Waals surface area contributed by atoms with Crippen molar-refractivity contribution in [1.82, 2.24) is 0 Å². The number of ketones is 1. The van der Waals surface area contributed by atoms with Gasteiger partial charge in [0.1, 0.15) is 5.78 Å². The van der Waals surface area contributed by atoms with Crippen molar-refractivity contribution in [2.75, 3.05) is 0 Å². The van der Waals surface area contributed by atoms with Crippen LogP contribution < -0.4 is 0 Å². The minimum absolute atomic E-state index is 0.0579. The van der Waals surface area contributed by atoms with Gasteiger partial charge in [0, 0.05) is 5.92 Å². The largest absolute Gasteiger partial charge is 0.393 e. The Kier molecular flexibility index (Phi) is 6.04. The molecule has 2 fully saturated rings. The fourth-order valence-corrected chi connectivity index (χ4v) is 2.77. The number of hydrogen-bond acceptors (Lipinski definition) is 2. The zero-order valence-corrected chi connectivity index (χ0v) is 10.7. The first-order valence-corrected chi connectivity index (χ1v) is 6.79. The molecule has 0 saturated heterocycles. The highest BCUT2D eigenvalue weighted by molar-refractivity contribution is 5.78. The maximum absolute atomic E-state index is 10.6. The Bertz CT molecular complexity index is 199. The summed E-state index contributed by atoms with van der Waals surface area (Å²) in [6.07, 6.45) is 9.93. The molecule has 0 bridgehead atoms. The second-order valence-corrected chi connectivity index (χ2v) is 5.38. The van der Waals surface area contributed by atoms with Crippen molar-refractivity contribution in [3.63, 3.8) is 0 Å². The standard InChI is InChI=1S/C7H14O.C7H12O/c2*1-6(8)7-4-2-3-5-7/h6-8H,2-5H2,1H3;7H,2-5H2,1H3. The van der Waals surface area contributed by atoms with Gasteiger partial charge in [-0.05, 0) is 45.4 Å². The maximum Gasteiger partial charge on any atom is 0.132 e. The van der Waals surface area contributed by atoms with Crippen molar-refractivity contribution in [1.29, 1.82) is 0 Å². The van der Waals surface area contributed by atoms with Gasteiger partial charge in [-0.15, -0.1) is 0 Å². The molecule has 2 saturated carbocycles. The molecule has 1 unspecified atom stereocenters. The molecule has 2 heteroatoms. The normalized spacial score (nSPS) is 23.9. The molecule has 2 nitrogen and oxygen atoms in total. The van der Waals surface area contributed by atoms with E-state index in [1.807, 2.05) is 6.92 Å². The molecule has 1 atom stereocenters. The van der Waals surface area contributed by atoms with E-state index in [0.717, 1.165) is 12.8 Å². The number of Topliss-reactive ketones (excluding diaryl/α,β-unsaturated/α-hetero) is 1. The van der Waals surface area contributed by atoms with Crippen LogP contribution in [0.2, 0.25) is 0 Å². The number of aliphatic hydroxyl groups excluding tert-OH is 1. The quantitative estimate of drug-likeness (QED) is 0.784. The molecule has 16 heavy (non-hydrogen) atoms. The summed E-state index contributed by atoms with van der Waals surface area (Å²) in [6, 6.07) is 0. The van der Waals surface area contributed by atoms with Gasteiger partial charge in [0.2, 0.25) is 0 Å². The number of hydrogen-bond donors (Lipinski definition) is 1.